The number of nitrogens with two attached hydrogens (primary N) is 1. The third-order valence-corrected chi connectivity index (χ3v) is 2.82. The van der Waals surface area contributed by atoms with E-state index in [9.17, 15) is 0 Å². The molecular weight excluding hydrogens is 142 g/mol. The lowest BCUT2D eigenvalue weighted by atomic mass is 10.1. The molecule has 0 unspecified atom stereocenters. The molecular formula is C8H9NS. The minimum Gasteiger partial charge on any atom is -0.398 e. The average molecular weight is 151 g/mol. The first-order valence-corrected chi connectivity index (χ1v) is 4.47. The molecule has 0 saturated heterocycles. The van der Waals surface area contributed by atoms with E-state index in [2.05, 4.69) is 6.07 Å². The van der Waals surface area contributed by atoms with Crippen molar-refractivity contribution in [3.63, 3.8) is 0 Å². The molecule has 2 heteroatoms. The van der Waals surface area contributed by atoms with Gasteiger partial charge in [-0.25, -0.2) is 0 Å². The second-order valence-corrected chi connectivity index (χ2v) is 3.46. The summed E-state index contributed by atoms with van der Waals surface area (Å²) in [5.74, 6) is 2.24. The van der Waals surface area contributed by atoms with Crippen LogP contribution in [0.1, 0.15) is 11.1 Å². The highest BCUT2D eigenvalue weighted by Gasteiger charge is 2.11. The van der Waals surface area contributed by atoms with Gasteiger partial charge in [-0.2, -0.15) is 11.8 Å². The molecule has 1 aliphatic heterocycles. The van der Waals surface area contributed by atoms with Gasteiger partial charge >= 0.3 is 0 Å². The highest BCUT2D eigenvalue weighted by atomic mass is 32.2. The van der Waals surface area contributed by atoms with Crippen molar-refractivity contribution >= 4 is 17.4 Å². The average Bonchev–Trinajstić information content (AvgIpc) is 2.36. The summed E-state index contributed by atoms with van der Waals surface area (Å²) in [4.78, 5) is 0. The van der Waals surface area contributed by atoms with Gasteiger partial charge in [-0.15, -0.1) is 0 Å². The maximum atomic E-state index is 5.76. The molecule has 0 aromatic heterocycles. The van der Waals surface area contributed by atoms with Gasteiger partial charge in [-0.1, -0.05) is 12.1 Å². The number of thioether (sulfide) groups is 1. The Labute approximate surface area is 64.6 Å². The lowest BCUT2D eigenvalue weighted by molar-refractivity contribution is 1.35. The van der Waals surface area contributed by atoms with Crippen molar-refractivity contribution in [3.05, 3.63) is 29.3 Å². The monoisotopic (exact) mass is 151 g/mol. The van der Waals surface area contributed by atoms with E-state index in [0.717, 1.165) is 17.2 Å². The molecule has 0 radical (unpaired) electrons. The number of fused-ring (bicyclic) bond motifs is 1. The van der Waals surface area contributed by atoms with Gasteiger partial charge in [0.25, 0.3) is 0 Å². The number of hydrogen-bond acceptors (Lipinski definition) is 2. The van der Waals surface area contributed by atoms with Gasteiger partial charge in [0.15, 0.2) is 0 Å². The molecule has 1 aromatic rings. The Hall–Kier alpha value is -0.630. The van der Waals surface area contributed by atoms with Crippen LogP contribution in [-0.4, -0.2) is 0 Å². The van der Waals surface area contributed by atoms with Gasteiger partial charge in [0, 0.05) is 17.2 Å². The zero-order valence-corrected chi connectivity index (χ0v) is 6.45. The first-order chi connectivity index (χ1) is 4.88. The Morgan fingerprint density at radius 2 is 2.20 bits per heavy atom. The van der Waals surface area contributed by atoms with E-state index in [4.69, 9.17) is 5.73 Å². The molecule has 1 nitrogen and oxygen atoms in total. The van der Waals surface area contributed by atoms with Crippen LogP contribution in [0.4, 0.5) is 5.69 Å². The van der Waals surface area contributed by atoms with Crippen LogP contribution in [0.25, 0.3) is 0 Å². The second-order valence-electron chi connectivity index (χ2n) is 2.48. The summed E-state index contributed by atoms with van der Waals surface area (Å²) < 4.78 is 0. The molecule has 1 aliphatic rings. The first kappa shape index (κ1) is 6.10. The molecule has 0 spiro atoms. The summed E-state index contributed by atoms with van der Waals surface area (Å²) in [6.45, 7) is 0. The lowest BCUT2D eigenvalue weighted by Gasteiger charge is -1.99. The van der Waals surface area contributed by atoms with Crippen molar-refractivity contribution in [2.45, 2.75) is 11.5 Å². The number of benzene rings is 1. The predicted octanol–water partition coefficient (Wildman–Crippen LogP) is 2.02. The topological polar surface area (TPSA) is 26.0 Å². The summed E-state index contributed by atoms with van der Waals surface area (Å²) in [5.41, 5.74) is 9.49. The van der Waals surface area contributed by atoms with Crippen LogP contribution >= 0.6 is 11.8 Å². The zero-order chi connectivity index (χ0) is 6.97. The molecule has 1 heterocycles. The van der Waals surface area contributed by atoms with Crippen molar-refractivity contribution in [1.29, 1.82) is 0 Å². The molecule has 0 bridgehead atoms. The Morgan fingerprint density at radius 1 is 1.30 bits per heavy atom. The van der Waals surface area contributed by atoms with Gasteiger partial charge in [0.05, 0.1) is 0 Å². The van der Waals surface area contributed by atoms with E-state index in [0.29, 0.717) is 0 Å². The zero-order valence-electron chi connectivity index (χ0n) is 5.63. The van der Waals surface area contributed by atoms with E-state index < -0.39 is 0 Å². The first-order valence-electron chi connectivity index (χ1n) is 3.32. The molecule has 0 atom stereocenters. The van der Waals surface area contributed by atoms with Crippen molar-refractivity contribution in [1.82, 2.24) is 0 Å². The fourth-order valence-electron chi connectivity index (χ4n) is 1.23. The highest BCUT2D eigenvalue weighted by Crippen LogP contribution is 2.32. The third kappa shape index (κ3) is 0.797. The summed E-state index contributed by atoms with van der Waals surface area (Å²) in [6.07, 6.45) is 0. The predicted molar refractivity (Wildman–Crippen MR) is 45.9 cm³/mol. The van der Waals surface area contributed by atoms with E-state index in [-0.39, 0.29) is 0 Å². The Bertz CT molecular complexity index is 257. The van der Waals surface area contributed by atoms with Crippen LogP contribution < -0.4 is 5.73 Å². The van der Waals surface area contributed by atoms with Crippen LogP contribution in [0, 0.1) is 0 Å². The van der Waals surface area contributed by atoms with Crippen molar-refractivity contribution < 1.29 is 0 Å². The molecule has 0 aliphatic carbocycles. The van der Waals surface area contributed by atoms with Crippen LogP contribution in [0.15, 0.2) is 18.2 Å². The molecule has 10 heavy (non-hydrogen) atoms. The largest absolute Gasteiger partial charge is 0.398 e. The molecule has 0 amide bonds. The SMILES string of the molecule is Nc1cccc2c1CSC2. The summed E-state index contributed by atoms with van der Waals surface area (Å²) in [5, 5.41) is 0. The van der Waals surface area contributed by atoms with Gasteiger partial charge in [0.1, 0.15) is 0 Å². The summed E-state index contributed by atoms with van der Waals surface area (Å²) >= 11 is 1.94. The quantitative estimate of drug-likeness (QED) is 0.574. The molecule has 2 rings (SSSR count). The van der Waals surface area contributed by atoms with Crippen LogP contribution in [0.5, 0.6) is 0 Å². The maximum Gasteiger partial charge on any atom is 0.0358 e. The van der Waals surface area contributed by atoms with Gasteiger partial charge in [-0.05, 0) is 17.2 Å². The molecule has 0 saturated carbocycles. The van der Waals surface area contributed by atoms with Gasteiger partial charge in [-0.3, -0.25) is 0 Å². The van der Waals surface area contributed by atoms with Gasteiger partial charge < -0.3 is 5.73 Å². The maximum absolute atomic E-state index is 5.76. The van der Waals surface area contributed by atoms with E-state index in [1.165, 1.54) is 11.1 Å². The fraction of sp³-hybridized carbons (Fsp3) is 0.250. The van der Waals surface area contributed by atoms with E-state index in [1.54, 1.807) is 0 Å². The smallest absolute Gasteiger partial charge is 0.0358 e. The Kier molecular flexibility index (Phi) is 1.34. The summed E-state index contributed by atoms with van der Waals surface area (Å²) in [7, 11) is 0. The molecule has 2 N–H and O–H groups in total. The number of rotatable bonds is 0. The third-order valence-electron chi connectivity index (χ3n) is 1.81. The minimum atomic E-state index is 0.961. The Balaban J connectivity index is 2.59. The van der Waals surface area contributed by atoms with Crippen molar-refractivity contribution in [3.8, 4) is 0 Å². The van der Waals surface area contributed by atoms with Crippen LogP contribution in [0.3, 0.4) is 0 Å². The highest BCUT2D eigenvalue weighted by molar-refractivity contribution is 7.98. The van der Waals surface area contributed by atoms with E-state index in [1.807, 2.05) is 23.9 Å². The number of hydrogen-bond donors (Lipinski definition) is 1. The van der Waals surface area contributed by atoms with Crippen molar-refractivity contribution in [2.24, 2.45) is 0 Å². The fourth-order valence-corrected chi connectivity index (χ4v) is 2.38. The standard InChI is InChI=1S/C8H9NS/c9-8-3-1-2-6-4-10-5-7(6)8/h1-3H,4-5,9H2. The Morgan fingerprint density at radius 3 is 3.00 bits per heavy atom. The molecule has 0 fully saturated rings. The van der Waals surface area contributed by atoms with Crippen molar-refractivity contribution in [2.75, 3.05) is 5.73 Å². The molecule has 1 aromatic carbocycles. The number of anilines is 1. The number of nitrogen functional groups attached to an aromatic ring is 1. The van der Waals surface area contributed by atoms with E-state index >= 15 is 0 Å². The summed E-state index contributed by atoms with van der Waals surface area (Å²) in [6, 6.07) is 6.16. The second kappa shape index (κ2) is 2.20. The lowest BCUT2D eigenvalue weighted by Crippen LogP contribution is -1.91. The molecule has 52 valence electrons. The van der Waals surface area contributed by atoms with Gasteiger partial charge in [0.2, 0.25) is 0 Å². The van der Waals surface area contributed by atoms with Crippen LogP contribution in [0.2, 0.25) is 0 Å². The normalized spacial score (nSPS) is 15.2. The van der Waals surface area contributed by atoms with Crippen LogP contribution in [-0.2, 0) is 11.5 Å². The minimum absolute atomic E-state index is 0.961.